The number of benzene rings is 16. The minimum absolute atomic E-state index is 0. The van der Waals surface area contributed by atoms with Gasteiger partial charge in [-0.3, -0.25) is 0 Å². The van der Waals surface area contributed by atoms with Crippen LogP contribution in [0.3, 0.4) is 0 Å². The van der Waals surface area contributed by atoms with Gasteiger partial charge in [0.2, 0.25) is 0 Å². The Labute approximate surface area is 607 Å². The van der Waals surface area contributed by atoms with Crippen molar-refractivity contribution < 1.29 is 8.83 Å². The van der Waals surface area contributed by atoms with Crippen LogP contribution in [0, 0.1) is 0 Å². The van der Waals surface area contributed by atoms with E-state index in [1.807, 2.05) is 42.5 Å². The predicted octanol–water partition coefficient (Wildman–Crippen LogP) is 27.9. The third-order valence-corrected chi connectivity index (χ3v) is 21.1. The molecule has 0 aliphatic rings. The van der Waals surface area contributed by atoms with Crippen molar-refractivity contribution >= 4 is 147 Å². The number of furan rings is 2. The SMILES string of the molecule is Brc1ccc2c(c1)oc1ccccc12.C.c1ccc(-c2ccc(-n3c4ccccc4c4cc(-c5ccc6[nH]c7ccccc7c6c5)ccc43)cc2)cc1.c1ccc(-c2ccc(-n3c4ccccc4c4cc(-c5ccc6c(c5)c5ccccc5n6-c5ccc6c(c5)oc5ccccc56)ccc43)cc2)cc1. The fraction of sp³-hybridized carbons (Fsp3) is 0.0103. The number of fused-ring (bicyclic) bond motifs is 18. The van der Waals surface area contributed by atoms with Gasteiger partial charge in [0.05, 0.1) is 33.1 Å². The maximum absolute atomic E-state index is 6.30. The molecule has 492 valence electrons. The molecule has 0 amide bonds. The Balaban J connectivity index is 0.000000123. The number of nitrogens with one attached hydrogen (secondary N) is 1. The van der Waals surface area contributed by atoms with E-state index >= 15 is 0 Å². The van der Waals surface area contributed by atoms with Crippen molar-refractivity contribution in [1.82, 2.24) is 18.7 Å². The second-order valence-electron chi connectivity index (χ2n) is 26.5. The van der Waals surface area contributed by atoms with Gasteiger partial charge in [0, 0.05) is 103 Å². The van der Waals surface area contributed by atoms with Gasteiger partial charge in [-0.2, -0.15) is 0 Å². The normalized spacial score (nSPS) is 11.6. The summed E-state index contributed by atoms with van der Waals surface area (Å²) in [4.78, 5) is 3.54. The molecule has 0 aliphatic heterocycles. The third kappa shape index (κ3) is 10.5. The van der Waals surface area contributed by atoms with E-state index in [-0.39, 0.29) is 7.43 Å². The fourth-order valence-corrected chi connectivity index (χ4v) is 16.1. The molecule has 6 heterocycles. The zero-order valence-corrected chi connectivity index (χ0v) is 57.3. The molecule has 0 aliphatic carbocycles. The highest BCUT2D eigenvalue weighted by Crippen LogP contribution is 2.42. The van der Waals surface area contributed by atoms with E-state index in [9.17, 15) is 0 Å². The summed E-state index contributed by atoms with van der Waals surface area (Å²) in [5.74, 6) is 0. The topological polar surface area (TPSA) is 56.9 Å². The number of rotatable bonds is 7. The van der Waals surface area contributed by atoms with Gasteiger partial charge in [-0.1, -0.05) is 242 Å². The van der Waals surface area contributed by atoms with Crippen LogP contribution < -0.4 is 0 Å². The van der Waals surface area contributed by atoms with Crippen LogP contribution in [0.5, 0.6) is 0 Å². The van der Waals surface area contributed by atoms with Gasteiger partial charge >= 0.3 is 0 Å². The van der Waals surface area contributed by atoms with Crippen LogP contribution in [0.2, 0.25) is 0 Å². The summed E-state index contributed by atoms with van der Waals surface area (Å²) < 4.78 is 20.2. The van der Waals surface area contributed by atoms with Gasteiger partial charge in [-0.05, 0) is 184 Å². The lowest BCUT2D eigenvalue weighted by atomic mass is 10.0. The molecule has 16 aromatic carbocycles. The van der Waals surface area contributed by atoms with Crippen molar-refractivity contribution in [3.63, 3.8) is 0 Å². The number of aromatic nitrogens is 4. The van der Waals surface area contributed by atoms with Crippen LogP contribution in [-0.4, -0.2) is 18.7 Å². The van der Waals surface area contributed by atoms with Crippen molar-refractivity contribution in [2.24, 2.45) is 0 Å². The lowest BCUT2D eigenvalue weighted by molar-refractivity contribution is 0.668. The number of hydrogen-bond acceptors (Lipinski definition) is 2. The number of nitrogens with zero attached hydrogens (tertiary/aromatic N) is 3. The molecule has 0 fully saturated rings. The minimum Gasteiger partial charge on any atom is -0.456 e. The molecule has 0 saturated carbocycles. The molecule has 0 atom stereocenters. The summed E-state index contributed by atoms with van der Waals surface area (Å²) in [6.07, 6.45) is 0. The Morgan fingerprint density at radius 2 is 0.519 bits per heavy atom. The lowest BCUT2D eigenvalue weighted by Crippen LogP contribution is -1.94. The minimum atomic E-state index is 0. The average Bonchev–Trinajstić information content (AvgIpc) is 1.58. The largest absolute Gasteiger partial charge is 0.456 e. The maximum atomic E-state index is 6.30. The van der Waals surface area contributed by atoms with E-state index in [1.54, 1.807) is 0 Å². The van der Waals surface area contributed by atoms with E-state index in [2.05, 4.69) is 356 Å². The summed E-state index contributed by atoms with van der Waals surface area (Å²) in [5.41, 5.74) is 26.4. The van der Waals surface area contributed by atoms with Crippen LogP contribution in [0.4, 0.5) is 0 Å². The first-order chi connectivity index (χ1) is 51.0. The summed E-state index contributed by atoms with van der Waals surface area (Å²) >= 11 is 3.43. The van der Waals surface area contributed by atoms with Crippen molar-refractivity contribution in [3.05, 3.63) is 368 Å². The molecule has 0 radical (unpaired) electrons. The quantitative estimate of drug-likeness (QED) is 0.173. The Morgan fingerprint density at radius 3 is 1.00 bits per heavy atom. The Hall–Kier alpha value is -13.2. The standard InChI is InChI=1S/C48H30N2O.C36H24N2.C12H7BrO.CH4/c1-2-10-31(11-3-1)32-18-22-35(23-19-32)49-43-15-7-4-12-37(43)41-28-33(20-26-45(41)49)34-21-27-46-42(29-34)38-13-5-8-16-44(38)50(46)36-24-25-40-39-14-6-9-17-47(39)51-48(40)30-36;1-2-8-24(9-3-1)25-14-18-28(19-15-25)38-35-13-7-5-11-30(35)32-23-27(17-21-36(32)38)26-16-20-34-31(22-26)29-10-4-6-12-33(29)37-34;13-8-5-6-10-9-3-1-2-4-11(9)14-12(10)7-8;/h1-30H;1-23,37H;1-7H;1H4. The molecular weight excluding hydrogens is 1330 g/mol. The smallest absolute Gasteiger partial charge is 0.137 e. The average molecular weight is 1400 g/mol. The molecule has 6 nitrogen and oxygen atoms in total. The van der Waals surface area contributed by atoms with Crippen molar-refractivity contribution in [2.75, 3.05) is 0 Å². The van der Waals surface area contributed by atoms with Crippen LogP contribution in [0.15, 0.2) is 377 Å². The van der Waals surface area contributed by atoms with E-state index < -0.39 is 0 Å². The highest BCUT2D eigenvalue weighted by atomic mass is 79.9. The highest BCUT2D eigenvalue weighted by molar-refractivity contribution is 9.10. The van der Waals surface area contributed by atoms with Crippen LogP contribution in [-0.2, 0) is 0 Å². The highest BCUT2D eigenvalue weighted by Gasteiger charge is 2.20. The third-order valence-electron chi connectivity index (χ3n) is 20.6. The van der Waals surface area contributed by atoms with Gasteiger partial charge in [0.25, 0.3) is 0 Å². The number of hydrogen-bond donors (Lipinski definition) is 1. The van der Waals surface area contributed by atoms with Crippen molar-refractivity contribution in [3.8, 4) is 61.6 Å². The zero-order valence-electron chi connectivity index (χ0n) is 55.7. The zero-order chi connectivity index (χ0) is 68.1. The van der Waals surface area contributed by atoms with Crippen molar-refractivity contribution in [1.29, 1.82) is 0 Å². The Morgan fingerprint density at radius 1 is 0.202 bits per heavy atom. The summed E-state index contributed by atoms with van der Waals surface area (Å²) in [6, 6.07) is 130. The van der Waals surface area contributed by atoms with Crippen molar-refractivity contribution in [2.45, 2.75) is 7.43 Å². The van der Waals surface area contributed by atoms with Crippen LogP contribution in [0.25, 0.3) is 193 Å². The molecule has 22 aromatic rings. The van der Waals surface area contributed by atoms with Gasteiger partial charge < -0.3 is 27.5 Å². The molecule has 7 heteroatoms. The first-order valence-electron chi connectivity index (χ1n) is 34.9. The monoisotopic (exact) mass is 1400 g/mol. The van der Waals surface area contributed by atoms with Gasteiger partial charge in [-0.15, -0.1) is 0 Å². The first kappa shape index (κ1) is 61.9. The molecule has 104 heavy (non-hydrogen) atoms. The molecule has 0 spiro atoms. The van der Waals surface area contributed by atoms with E-state index in [0.29, 0.717) is 0 Å². The summed E-state index contributed by atoms with van der Waals surface area (Å²) in [6.45, 7) is 0. The van der Waals surface area contributed by atoms with Gasteiger partial charge in [0.15, 0.2) is 0 Å². The fourth-order valence-electron chi connectivity index (χ4n) is 15.7. The Bertz CT molecular complexity index is 7050. The predicted molar refractivity (Wildman–Crippen MR) is 442 cm³/mol. The number of halogens is 1. The molecular formula is C97H65BrN4O2. The second kappa shape index (κ2) is 25.5. The molecule has 6 aromatic heterocycles. The van der Waals surface area contributed by atoms with Crippen LogP contribution in [0.1, 0.15) is 7.43 Å². The number of H-pyrrole nitrogens is 1. The van der Waals surface area contributed by atoms with E-state index in [1.165, 1.54) is 148 Å². The molecule has 0 unspecified atom stereocenters. The summed E-state index contributed by atoms with van der Waals surface area (Å²) in [7, 11) is 0. The molecule has 22 rings (SSSR count). The molecule has 0 bridgehead atoms. The Kier molecular flexibility index (Phi) is 15.1. The molecule has 1 N–H and O–H groups in total. The summed E-state index contributed by atoms with van der Waals surface area (Å²) in [5, 5.41) is 14.7. The maximum Gasteiger partial charge on any atom is 0.137 e. The number of para-hydroxylation sites is 6. The van der Waals surface area contributed by atoms with E-state index in [0.717, 1.165) is 49.0 Å². The first-order valence-corrected chi connectivity index (χ1v) is 35.7. The number of aromatic amines is 1. The second-order valence-corrected chi connectivity index (χ2v) is 27.4. The van der Waals surface area contributed by atoms with Gasteiger partial charge in [0.1, 0.15) is 22.3 Å². The van der Waals surface area contributed by atoms with Crippen LogP contribution >= 0.6 is 15.9 Å². The molecule has 0 saturated heterocycles. The van der Waals surface area contributed by atoms with Gasteiger partial charge in [-0.25, -0.2) is 0 Å². The lowest BCUT2D eigenvalue weighted by Gasteiger charge is -2.10. The van der Waals surface area contributed by atoms with E-state index in [4.69, 9.17) is 8.83 Å².